The number of urea groups is 1. The zero-order valence-corrected chi connectivity index (χ0v) is 11.5. The molecule has 1 heterocycles. The van der Waals surface area contributed by atoms with Crippen molar-refractivity contribution in [1.82, 2.24) is 15.1 Å². The normalized spacial score (nSPS) is 23.1. The first-order valence-electron chi connectivity index (χ1n) is 6.29. The third kappa shape index (κ3) is 2.33. The molecule has 0 saturated carbocycles. The van der Waals surface area contributed by atoms with E-state index in [4.69, 9.17) is 0 Å². The third-order valence-electron chi connectivity index (χ3n) is 3.55. The minimum absolute atomic E-state index is 0.262. The fourth-order valence-corrected chi connectivity index (χ4v) is 2.29. The topological polar surface area (TPSA) is 52.6 Å². The van der Waals surface area contributed by atoms with Crippen molar-refractivity contribution in [2.45, 2.75) is 12.5 Å². The highest BCUT2D eigenvalue weighted by Gasteiger charge is 2.50. The van der Waals surface area contributed by atoms with Gasteiger partial charge in [-0.05, 0) is 26.6 Å². The lowest BCUT2D eigenvalue weighted by atomic mass is 9.90. The van der Waals surface area contributed by atoms with Gasteiger partial charge in [0.25, 0.3) is 5.91 Å². The van der Waals surface area contributed by atoms with Crippen LogP contribution in [0.4, 0.5) is 4.79 Å². The van der Waals surface area contributed by atoms with Gasteiger partial charge < -0.3 is 9.80 Å². The molecular weight excluding hydrogens is 242 g/mol. The number of hydrogen-bond donors (Lipinski definition) is 1. The van der Waals surface area contributed by atoms with E-state index in [0.29, 0.717) is 13.1 Å². The van der Waals surface area contributed by atoms with Crippen LogP contribution >= 0.6 is 0 Å². The summed E-state index contributed by atoms with van der Waals surface area (Å²) in [7, 11) is 3.88. The molecule has 1 saturated heterocycles. The molecule has 1 N–H and O–H groups in total. The van der Waals surface area contributed by atoms with Crippen LogP contribution in [0.3, 0.4) is 0 Å². The number of amides is 3. The van der Waals surface area contributed by atoms with E-state index in [2.05, 4.69) is 5.32 Å². The summed E-state index contributed by atoms with van der Waals surface area (Å²) in [5, 5.41) is 2.41. The molecule has 1 atom stereocenters. The van der Waals surface area contributed by atoms with Crippen molar-refractivity contribution >= 4 is 11.9 Å². The molecule has 0 aromatic heterocycles. The standard InChI is InChI=1S/C14H19N3O2/c1-14(11-7-5-4-6-8-11)12(18)15-13(19)17(14)10-9-16(2)3/h4-8H,9-10H2,1-3H3,(H,15,18,19). The van der Waals surface area contributed by atoms with Gasteiger partial charge >= 0.3 is 6.03 Å². The first-order chi connectivity index (χ1) is 8.96. The Morgan fingerprint density at radius 3 is 2.42 bits per heavy atom. The van der Waals surface area contributed by atoms with Crippen LogP contribution < -0.4 is 5.32 Å². The number of rotatable bonds is 4. The molecule has 5 heteroatoms. The van der Waals surface area contributed by atoms with E-state index in [0.717, 1.165) is 5.56 Å². The fourth-order valence-electron chi connectivity index (χ4n) is 2.29. The Labute approximate surface area is 113 Å². The van der Waals surface area contributed by atoms with Crippen LogP contribution in [0.15, 0.2) is 30.3 Å². The molecular formula is C14H19N3O2. The van der Waals surface area contributed by atoms with Gasteiger partial charge in [0.15, 0.2) is 0 Å². The highest BCUT2D eigenvalue weighted by molar-refractivity contribution is 6.07. The second-order valence-corrected chi connectivity index (χ2v) is 5.15. The molecule has 3 amide bonds. The number of benzene rings is 1. The quantitative estimate of drug-likeness (QED) is 0.823. The first-order valence-corrected chi connectivity index (χ1v) is 6.29. The molecule has 0 bridgehead atoms. The molecule has 1 aliphatic rings. The Balaban J connectivity index is 2.34. The Kier molecular flexibility index (Phi) is 3.57. The molecule has 0 spiro atoms. The predicted octanol–water partition coefficient (Wildman–Crippen LogP) is 1.02. The Morgan fingerprint density at radius 2 is 1.84 bits per heavy atom. The van der Waals surface area contributed by atoms with Gasteiger partial charge in [0.1, 0.15) is 5.54 Å². The van der Waals surface area contributed by atoms with Crippen LogP contribution in [0.2, 0.25) is 0 Å². The van der Waals surface area contributed by atoms with Crippen LogP contribution in [0.25, 0.3) is 0 Å². The van der Waals surface area contributed by atoms with Gasteiger partial charge in [0, 0.05) is 13.1 Å². The molecule has 0 aliphatic carbocycles. The number of carbonyl (C=O) groups is 2. The van der Waals surface area contributed by atoms with Crippen LogP contribution in [-0.2, 0) is 10.3 Å². The Hall–Kier alpha value is -1.88. The van der Waals surface area contributed by atoms with Gasteiger partial charge in [0.2, 0.25) is 0 Å². The van der Waals surface area contributed by atoms with Gasteiger partial charge in [-0.3, -0.25) is 10.1 Å². The summed E-state index contributed by atoms with van der Waals surface area (Å²) in [4.78, 5) is 27.7. The van der Waals surface area contributed by atoms with Crippen molar-refractivity contribution < 1.29 is 9.59 Å². The lowest BCUT2D eigenvalue weighted by Crippen LogP contribution is -2.46. The maximum absolute atomic E-state index is 12.2. The van der Waals surface area contributed by atoms with Crippen molar-refractivity contribution in [3.63, 3.8) is 0 Å². The third-order valence-corrected chi connectivity index (χ3v) is 3.55. The minimum atomic E-state index is -0.922. The second kappa shape index (κ2) is 5.01. The van der Waals surface area contributed by atoms with E-state index in [1.54, 1.807) is 11.8 Å². The van der Waals surface area contributed by atoms with E-state index in [9.17, 15) is 9.59 Å². The summed E-state index contributed by atoms with van der Waals surface area (Å²) < 4.78 is 0. The summed E-state index contributed by atoms with van der Waals surface area (Å²) in [6.07, 6.45) is 0. The van der Waals surface area contributed by atoms with Crippen molar-refractivity contribution in [3.05, 3.63) is 35.9 Å². The number of nitrogens with one attached hydrogen (secondary N) is 1. The lowest BCUT2D eigenvalue weighted by molar-refractivity contribution is -0.126. The maximum atomic E-state index is 12.2. The number of carbonyl (C=O) groups excluding carboxylic acids is 2. The van der Waals surface area contributed by atoms with Gasteiger partial charge in [0.05, 0.1) is 0 Å². The van der Waals surface area contributed by atoms with Crippen LogP contribution in [0, 0.1) is 0 Å². The highest BCUT2D eigenvalue weighted by Crippen LogP contribution is 2.32. The van der Waals surface area contributed by atoms with Crippen molar-refractivity contribution in [1.29, 1.82) is 0 Å². The summed E-state index contributed by atoms with van der Waals surface area (Å²) in [6.45, 7) is 3.01. The zero-order chi connectivity index (χ0) is 14.0. The molecule has 1 fully saturated rings. The molecule has 1 aromatic rings. The summed E-state index contributed by atoms with van der Waals surface area (Å²) in [6, 6.07) is 9.08. The van der Waals surface area contributed by atoms with Crippen molar-refractivity contribution in [3.8, 4) is 0 Å². The largest absolute Gasteiger partial charge is 0.325 e. The van der Waals surface area contributed by atoms with Crippen LogP contribution in [0.1, 0.15) is 12.5 Å². The number of hydrogen-bond acceptors (Lipinski definition) is 3. The van der Waals surface area contributed by atoms with Gasteiger partial charge in [-0.2, -0.15) is 0 Å². The van der Waals surface area contributed by atoms with Crippen LogP contribution in [0.5, 0.6) is 0 Å². The van der Waals surface area contributed by atoms with E-state index >= 15 is 0 Å². The molecule has 1 aliphatic heterocycles. The van der Waals surface area contributed by atoms with E-state index in [1.807, 2.05) is 49.3 Å². The summed E-state index contributed by atoms with van der Waals surface area (Å²) >= 11 is 0. The second-order valence-electron chi connectivity index (χ2n) is 5.15. The average Bonchev–Trinajstić information content (AvgIpc) is 2.60. The molecule has 19 heavy (non-hydrogen) atoms. The van der Waals surface area contributed by atoms with Crippen molar-refractivity contribution in [2.24, 2.45) is 0 Å². The first kappa shape index (κ1) is 13.5. The predicted molar refractivity (Wildman–Crippen MR) is 72.6 cm³/mol. The molecule has 1 unspecified atom stereocenters. The smallest absolute Gasteiger partial charge is 0.308 e. The monoisotopic (exact) mass is 261 g/mol. The average molecular weight is 261 g/mol. The molecule has 2 rings (SSSR count). The number of imide groups is 1. The number of nitrogens with zero attached hydrogens (tertiary/aromatic N) is 2. The van der Waals surface area contributed by atoms with Gasteiger partial charge in [-0.1, -0.05) is 30.3 Å². The zero-order valence-electron chi connectivity index (χ0n) is 11.5. The summed E-state index contributed by atoms with van der Waals surface area (Å²) in [5.41, 5.74) is -0.0916. The summed E-state index contributed by atoms with van der Waals surface area (Å²) in [5.74, 6) is -0.262. The number of likely N-dealkylation sites (N-methyl/N-ethyl adjacent to an activating group) is 1. The van der Waals surface area contributed by atoms with E-state index < -0.39 is 5.54 Å². The Bertz CT molecular complexity index is 487. The minimum Gasteiger partial charge on any atom is -0.308 e. The van der Waals surface area contributed by atoms with E-state index in [1.165, 1.54) is 0 Å². The molecule has 1 aromatic carbocycles. The van der Waals surface area contributed by atoms with Crippen molar-refractivity contribution in [2.75, 3.05) is 27.2 Å². The maximum Gasteiger partial charge on any atom is 0.325 e. The molecule has 5 nitrogen and oxygen atoms in total. The van der Waals surface area contributed by atoms with E-state index in [-0.39, 0.29) is 11.9 Å². The fraction of sp³-hybridized carbons (Fsp3) is 0.429. The SMILES string of the molecule is CN(C)CCN1C(=O)NC(=O)C1(C)c1ccccc1. The molecule has 102 valence electrons. The Morgan fingerprint density at radius 1 is 1.21 bits per heavy atom. The molecule has 0 radical (unpaired) electrons. The van der Waals surface area contributed by atoms with Crippen LogP contribution in [-0.4, -0.2) is 48.9 Å². The highest BCUT2D eigenvalue weighted by atomic mass is 16.2. The van der Waals surface area contributed by atoms with Gasteiger partial charge in [-0.15, -0.1) is 0 Å². The van der Waals surface area contributed by atoms with Gasteiger partial charge in [-0.25, -0.2) is 4.79 Å². The lowest BCUT2D eigenvalue weighted by Gasteiger charge is -2.33.